The molecule has 1 aromatic carbocycles. The summed E-state index contributed by atoms with van der Waals surface area (Å²) < 4.78 is 11.0. The highest BCUT2D eigenvalue weighted by Crippen LogP contribution is 2.31. The van der Waals surface area contributed by atoms with Crippen LogP contribution < -0.4 is 14.8 Å². The van der Waals surface area contributed by atoms with E-state index in [1.54, 1.807) is 23.1 Å². The minimum absolute atomic E-state index is 0.0523. The van der Waals surface area contributed by atoms with Gasteiger partial charge in [0.05, 0.1) is 5.92 Å². The Morgan fingerprint density at radius 2 is 2.04 bits per heavy atom. The molecule has 24 heavy (non-hydrogen) atoms. The van der Waals surface area contributed by atoms with Crippen molar-refractivity contribution in [3.8, 4) is 11.5 Å². The van der Waals surface area contributed by atoms with Gasteiger partial charge in [0, 0.05) is 25.2 Å². The maximum atomic E-state index is 12.8. The third-order valence-electron chi connectivity index (χ3n) is 4.42. The van der Waals surface area contributed by atoms with E-state index < -0.39 is 0 Å². The number of hydrogen-bond donors (Lipinski definition) is 1. The van der Waals surface area contributed by atoms with E-state index in [9.17, 15) is 9.59 Å². The number of ether oxygens (including phenoxy) is 2. The number of likely N-dealkylation sites (tertiary alicyclic amines) is 1. The number of piperidine rings is 1. The molecule has 1 saturated heterocycles. The third kappa shape index (κ3) is 3.63. The van der Waals surface area contributed by atoms with Gasteiger partial charge in [-0.3, -0.25) is 9.59 Å². The summed E-state index contributed by atoms with van der Waals surface area (Å²) in [6, 6.07) is 5.27. The predicted octanol–water partition coefficient (Wildman–Crippen LogP) is 1.84. The Morgan fingerprint density at radius 3 is 2.83 bits per heavy atom. The van der Waals surface area contributed by atoms with E-state index in [4.69, 9.17) is 9.47 Å². The van der Waals surface area contributed by atoms with Gasteiger partial charge in [-0.15, -0.1) is 0 Å². The summed E-state index contributed by atoms with van der Waals surface area (Å²) in [5.74, 6) is 1.16. The molecule has 1 atom stereocenters. The van der Waals surface area contributed by atoms with Crippen molar-refractivity contribution in [1.29, 1.82) is 0 Å². The second-order valence-corrected chi connectivity index (χ2v) is 6.24. The van der Waals surface area contributed by atoms with Gasteiger partial charge in [-0.05, 0) is 37.5 Å². The van der Waals surface area contributed by atoms with Crippen molar-refractivity contribution in [2.45, 2.75) is 26.2 Å². The van der Waals surface area contributed by atoms with Gasteiger partial charge in [-0.1, -0.05) is 6.92 Å². The number of amides is 2. The molecule has 0 radical (unpaired) electrons. The van der Waals surface area contributed by atoms with Crippen LogP contribution in [0, 0.1) is 5.92 Å². The lowest BCUT2D eigenvalue weighted by atomic mass is 9.96. The molecule has 1 N–H and O–H groups in total. The fourth-order valence-corrected chi connectivity index (χ4v) is 3.13. The highest BCUT2D eigenvalue weighted by Gasteiger charge is 2.29. The maximum absolute atomic E-state index is 12.8. The van der Waals surface area contributed by atoms with Crippen molar-refractivity contribution in [1.82, 2.24) is 10.2 Å². The van der Waals surface area contributed by atoms with Crippen molar-refractivity contribution in [3.63, 3.8) is 0 Å². The van der Waals surface area contributed by atoms with Gasteiger partial charge in [0.15, 0.2) is 11.5 Å². The number of rotatable bonds is 4. The molecule has 130 valence electrons. The van der Waals surface area contributed by atoms with Crippen molar-refractivity contribution >= 4 is 11.8 Å². The first-order chi connectivity index (χ1) is 11.7. The van der Waals surface area contributed by atoms with Crippen molar-refractivity contribution in [2.75, 3.05) is 32.8 Å². The molecular formula is C18H24N2O4. The van der Waals surface area contributed by atoms with E-state index in [0.717, 1.165) is 19.3 Å². The molecule has 2 aliphatic rings. The molecule has 6 nitrogen and oxygen atoms in total. The first-order valence-electron chi connectivity index (χ1n) is 8.65. The molecule has 0 unspecified atom stereocenters. The zero-order valence-electron chi connectivity index (χ0n) is 14.0. The summed E-state index contributed by atoms with van der Waals surface area (Å²) in [6.45, 7) is 4.90. The van der Waals surface area contributed by atoms with Crippen molar-refractivity contribution < 1.29 is 19.1 Å². The smallest absolute Gasteiger partial charge is 0.254 e. The minimum Gasteiger partial charge on any atom is -0.486 e. The molecule has 3 rings (SSSR count). The van der Waals surface area contributed by atoms with Crippen LogP contribution in [0.5, 0.6) is 11.5 Å². The molecule has 6 heteroatoms. The van der Waals surface area contributed by atoms with E-state index in [2.05, 4.69) is 5.32 Å². The fourth-order valence-electron chi connectivity index (χ4n) is 3.13. The molecule has 2 aliphatic heterocycles. The highest BCUT2D eigenvalue weighted by atomic mass is 16.6. The molecule has 0 aliphatic carbocycles. The van der Waals surface area contributed by atoms with Gasteiger partial charge in [0.25, 0.3) is 5.91 Å². The Kier molecular flexibility index (Phi) is 5.23. The van der Waals surface area contributed by atoms with Crippen LogP contribution >= 0.6 is 0 Å². The Hall–Kier alpha value is -2.24. The highest BCUT2D eigenvalue weighted by molar-refractivity contribution is 5.95. The SMILES string of the molecule is CCCNC(=O)[C@@H]1CCCN(C(=O)c2ccc3c(c2)OCCO3)C1. The number of carbonyl (C=O) groups excluding carboxylic acids is 2. The van der Waals surface area contributed by atoms with E-state index in [1.807, 2.05) is 6.92 Å². The first-order valence-corrected chi connectivity index (χ1v) is 8.65. The lowest BCUT2D eigenvalue weighted by molar-refractivity contribution is -0.126. The Balaban J connectivity index is 1.67. The lowest BCUT2D eigenvalue weighted by Gasteiger charge is -2.32. The van der Waals surface area contributed by atoms with Gasteiger partial charge in [0.1, 0.15) is 13.2 Å². The normalized spacial score (nSPS) is 19.7. The van der Waals surface area contributed by atoms with Crippen LogP contribution in [-0.4, -0.2) is 49.6 Å². The van der Waals surface area contributed by atoms with Gasteiger partial charge in [-0.2, -0.15) is 0 Å². The summed E-state index contributed by atoms with van der Waals surface area (Å²) >= 11 is 0. The molecule has 1 aromatic rings. The predicted molar refractivity (Wildman–Crippen MR) is 89.4 cm³/mol. The molecule has 0 aromatic heterocycles. The molecule has 1 fully saturated rings. The zero-order valence-corrected chi connectivity index (χ0v) is 14.0. The van der Waals surface area contributed by atoms with Crippen LogP contribution in [0.25, 0.3) is 0 Å². The lowest BCUT2D eigenvalue weighted by Crippen LogP contribution is -2.45. The van der Waals surface area contributed by atoms with Crippen LogP contribution in [-0.2, 0) is 4.79 Å². The van der Waals surface area contributed by atoms with Crippen molar-refractivity contribution in [3.05, 3.63) is 23.8 Å². The van der Waals surface area contributed by atoms with Gasteiger partial charge >= 0.3 is 0 Å². The monoisotopic (exact) mass is 332 g/mol. The van der Waals surface area contributed by atoms with Crippen LogP contribution in [0.2, 0.25) is 0 Å². The van der Waals surface area contributed by atoms with Gasteiger partial charge in [-0.25, -0.2) is 0 Å². The van der Waals surface area contributed by atoms with Crippen LogP contribution in [0.1, 0.15) is 36.5 Å². The number of nitrogens with one attached hydrogen (secondary N) is 1. The molecule has 0 spiro atoms. The average Bonchev–Trinajstić information content (AvgIpc) is 2.65. The Morgan fingerprint density at radius 1 is 1.25 bits per heavy atom. The van der Waals surface area contributed by atoms with E-state index in [0.29, 0.717) is 49.9 Å². The van der Waals surface area contributed by atoms with Crippen LogP contribution in [0.15, 0.2) is 18.2 Å². The topological polar surface area (TPSA) is 67.9 Å². The summed E-state index contributed by atoms with van der Waals surface area (Å²) in [5.41, 5.74) is 0.578. The molecular weight excluding hydrogens is 308 g/mol. The summed E-state index contributed by atoms with van der Waals surface area (Å²) in [4.78, 5) is 26.7. The van der Waals surface area contributed by atoms with E-state index in [1.165, 1.54) is 0 Å². The fraction of sp³-hybridized carbons (Fsp3) is 0.556. The molecule has 0 saturated carbocycles. The largest absolute Gasteiger partial charge is 0.486 e. The average molecular weight is 332 g/mol. The number of fused-ring (bicyclic) bond motifs is 1. The second-order valence-electron chi connectivity index (χ2n) is 6.24. The van der Waals surface area contributed by atoms with Gasteiger partial charge in [0.2, 0.25) is 5.91 Å². The van der Waals surface area contributed by atoms with E-state index >= 15 is 0 Å². The molecule has 0 bridgehead atoms. The Labute approximate surface area is 142 Å². The standard InChI is InChI=1S/C18H24N2O4/c1-2-7-19-17(21)14-4-3-8-20(12-14)18(22)13-5-6-15-16(11-13)24-10-9-23-15/h5-6,11,14H,2-4,7-10,12H2,1H3,(H,19,21)/t14-/m1/s1. The van der Waals surface area contributed by atoms with Crippen molar-refractivity contribution in [2.24, 2.45) is 5.92 Å². The number of hydrogen-bond acceptors (Lipinski definition) is 4. The molecule has 2 heterocycles. The summed E-state index contributed by atoms with van der Waals surface area (Å²) in [5, 5.41) is 2.93. The number of benzene rings is 1. The van der Waals surface area contributed by atoms with Gasteiger partial charge < -0.3 is 19.7 Å². The summed E-state index contributed by atoms with van der Waals surface area (Å²) in [7, 11) is 0. The number of nitrogens with zero attached hydrogens (tertiary/aromatic N) is 1. The third-order valence-corrected chi connectivity index (χ3v) is 4.42. The first kappa shape index (κ1) is 16.6. The van der Waals surface area contributed by atoms with E-state index in [-0.39, 0.29) is 17.7 Å². The van der Waals surface area contributed by atoms with Crippen LogP contribution in [0.4, 0.5) is 0 Å². The molecule has 2 amide bonds. The van der Waals surface area contributed by atoms with Crippen LogP contribution in [0.3, 0.4) is 0 Å². The maximum Gasteiger partial charge on any atom is 0.254 e. The number of carbonyl (C=O) groups is 2. The summed E-state index contributed by atoms with van der Waals surface area (Å²) in [6.07, 6.45) is 2.60. The Bertz CT molecular complexity index is 617. The zero-order chi connectivity index (χ0) is 16.9. The quantitative estimate of drug-likeness (QED) is 0.913. The minimum atomic E-state index is -0.119. The second kappa shape index (κ2) is 7.55.